The van der Waals surface area contributed by atoms with Crippen LogP contribution in [0.5, 0.6) is 0 Å². The smallest absolute Gasteiger partial charge is 0.283 e. The number of hydrogen-bond acceptors (Lipinski definition) is 6. The van der Waals surface area contributed by atoms with E-state index in [4.69, 9.17) is 0 Å². The first-order chi connectivity index (χ1) is 18.4. The van der Waals surface area contributed by atoms with Crippen molar-refractivity contribution in [3.63, 3.8) is 0 Å². The predicted octanol–water partition coefficient (Wildman–Crippen LogP) is 6.02. The van der Waals surface area contributed by atoms with Crippen LogP contribution in [0.4, 0.5) is 52.7 Å². The van der Waals surface area contributed by atoms with E-state index in [0.29, 0.717) is 0 Å². The summed E-state index contributed by atoms with van der Waals surface area (Å²) in [5, 5.41) is 0. The minimum Gasteiger partial charge on any atom is -0.283 e. The molecule has 4 aromatic heterocycles. The second kappa shape index (κ2) is 8.49. The molecule has 0 aliphatic rings. The van der Waals surface area contributed by atoms with Crippen molar-refractivity contribution < 1.29 is 52.7 Å². The van der Waals surface area contributed by atoms with Crippen LogP contribution in [0.2, 0.25) is 0 Å². The molecule has 0 amide bonds. The van der Waals surface area contributed by atoms with Gasteiger partial charge in [-0.2, -0.15) is 52.7 Å². The summed E-state index contributed by atoms with van der Waals surface area (Å²) in [6.45, 7) is 0. The quantitative estimate of drug-likeness (QED) is 0.235. The Morgan fingerprint density at radius 3 is 1.05 bits per heavy atom. The largest absolute Gasteiger partial charge is 0.451 e. The SMILES string of the molecule is FC(F)(F)c1nc(C(F)(F)F)c2ncn(-c3ccc(-n4cnc5c(C(F)(F)F)nc(C(F)(F)F)nc54)cc3)c2n1. The fourth-order valence-corrected chi connectivity index (χ4v) is 3.60. The van der Waals surface area contributed by atoms with Gasteiger partial charge >= 0.3 is 24.7 Å². The summed E-state index contributed by atoms with van der Waals surface area (Å²) >= 11 is 0. The van der Waals surface area contributed by atoms with Crippen LogP contribution in [-0.2, 0) is 24.7 Å². The zero-order valence-corrected chi connectivity index (χ0v) is 18.6. The molecule has 0 unspecified atom stereocenters. The topological polar surface area (TPSA) is 87.2 Å². The van der Waals surface area contributed by atoms with Gasteiger partial charge in [0.05, 0.1) is 0 Å². The van der Waals surface area contributed by atoms with Crippen LogP contribution >= 0.6 is 0 Å². The Morgan fingerprint density at radius 2 is 0.775 bits per heavy atom. The zero-order chi connectivity index (χ0) is 29.4. The van der Waals surface area contributed by atoms with E-state index in [2.05, 4.69) is 29.9 Å². The first-order valence-electron chi connectivity index (χ1n) is 10.3. The molecule has 8 nitrogen and oxygen atoms in total. The summed E-state index contributed by atoms with van der Waals surface area (Å²) in [7, 11) is 0. The van der Waals surface area contributed by atoms with Gasteiger partial charge in [0.2, 0.25) is 11.6 Å². The van der Waals surface area contributed by atoms with Gasteiger partial charge in [-0.15, -0.1) is 0 Å². The summed E-state index contributed by atoms with van der Waals surface area (Å²) in [6.07, 6.45) is -19.9. The lowest BCUT2D eigenvalue weighted by Crippen LogP contribution is -2.18. The van der Waals surface area contributed by atoms with Crippen molar-refractivity contribution in [2.24, 2.45) is 0 Å². The van der Waals surface area contributed by atoms with Gasteiger partial charge in [-0.3, -0.25) is 9.13 Å². The van der Waals surface area contributed by atoms with E-state index in [9.17, 15) is 52.7 Å². The highest BCUT2D eigenvalue weighted by Crippen LogP contribution is 2.38. The minimum atomic E-state index is -5.35. The Kier molecular flexibility index (Phi) is 5.74. The van der Waals surface area contributed by atoms with E-state index in [0.717, 1.165) is 46.1 Å². The molecule has 5 rings (SSSR count). The average molecular weight is 586 g/mol. The Hall–Kier alpha value is -4.52. The van der Waals surface area contributed by atoms with E-state index in [1.807, 2.05) is 0 Å². The molecular formula is C20H6F12N8. The van der Waals surface area contributed by atoms with E-state index < -0.39 is 70.1 Å². The van der Waals surface area contributed by atoms with Gasteiger partial charge in [0, 0.05) is 11.4 Å². The third-order valence-corrected chi connectivity index (χ3v) is 5.24. The molecule has 0 saturated heterocycles. The predicted molar refractivity (Wildman–Crippen MR) is 107 cm³/mol. The lowest BCUT2D eigenvalue weighted by molar-refractivity contribution is -0.153. The lowest BCUT2D eigenvalue weighted by Gasteiger charge is -2.12. The maximum Gasteiger partial charge on any atom is 0.451 e. The number of imidazole rings is 2. The highest BCUT2D eigenvalue weighted by molar-refractivity contribution is 5.77. The Bertz CT molecular complexity index is 1610. The van der Waals surface area contributed by atoms with Crippen molar-refractivity contribution in [1.29, 1.82) is 0 Å². The van der Waals surface area contributed by atoms with Crippen LogP contribution in [0.15, 0.2) is 36.9 Å². The van der Waals surface area contributed by atoms with Crippen LogP contribution in [0.1, 0.15) is 23.0 Å². The second-order valence-corrected chi connectivity index (χ2v) is 7.87. The van der Waals surface area contributed by atoms with Crippen molar-refractivity contribution in [1.82, 2.24) is 39.0 Å². The number of halogens is 12. The van der Waals surface area contributed by atoms with Crippen LogP contribution in [0, 0.1) is 0 Å². The molecule has 5 aromatic rings. The summed E-state index contributed by atoms with van der Waals surface area (Å²) in [4.78, 5) is 18.4. The number of benzene rings is 1. The van der Waals surface area contributed by atoms with Gasteiger partial charge in [0.25, 0.3) is 0 Å². The molecule has 210 valence electrons. The number of nitrogens with zero attached hydrogens (tertiary/aromatic N) is 8. The maximum atomic E-state index is 13.4. The summed E-state index contributed by atoms with van der Waals surface area (Å²) < 4.78 is 161. The van der Waals surface area contributed by atoms with E-state index >= 15 is 0 Å². The fraction of sp³-hybridized carbons (Fsp3) is 0.200. The van der Waals surface area contributed by atoms with Crippen LogP contribution < -0.4 is 0 Å². The van der Waals surface area contributed by atoms with Gasteiger partial charge in [-0.25, -0.2) is 29.9 Å². The van der Waals surface area contributed by atoms with E-state index in [1.54, 1.807) is 0 Å². The molecule has 0 spiro atoms. The molecule has 0 fully saturated rings. The Labute approximate surface area is 211 Å². The fourth-order valence-electron chi connectivity index (χ4n) is 3.60. The molecule has 0 saturated carbocycles. The molecule has 0 aliphatic heterocycles. The summed E-state index contributed by atoms with van der Waals surface area (Å²) in [5.41, 5.74) is -7.84. The molecule has 0 bridgehead atoms. The number of fused-ring (bicyclic) bond motifs is 2. The number of rotatable bonds is 2. The third kappa shape index (κ3) is 4.62. The summed E-state index contributed by atoms with van der Waals surface area (Å²) in [6, 6.07) is 4.34. The van der Waals surface area contributed by atoms with Crippen LogP contribution in [-0.4, -0.2) is 39.0 Å². The van der Waals surface area contributed by atoms with Crippen molar-refractivity contribution in [2.75, 3.05) is 0 Å². The van der Waals surface area contributed by atoms with Crippen molar-refractivity contribution in [3.05, 3.63) is 60.0 Å². The normalized spacial score (nSPS) is 13.5. The molecular weight excluding hydrogens is 580 g/mol. The number of aromatic nitrogens is 8. The van der Waals surface area contributed by atoms with Gasteiger partial charge in [-0.1, -0.05) is 0 Å². The molecule has 0 radical (unpaired) electrons. The molecule has 40 heavy (non-hydrogen) atoms. The minimum absolute atomic E-state index is 0.114. The third-order valence-electron chi connectivity index (χ3n) is 5.24. The first kappa shape index (κ1) is 27.1. The van der Waals surface area contributed by atoms with Crippen molar-refractivity contribution in [3.8, 4) is 11.4 Å². The van der Waals surface area contributed by atoms with E-state index in [-0.39, 0.29) is 11.4 Å². The van der Waals surface area contributed by atoms with Crippen LogP contribution in [0.25, 0.3) is 33.7 Å². The number of alkyl halides is 12. The van der Waals surface area contributed by atoms with Crippen molar-refractivity contribution >= 4 is 22.3 Å². The Morgan fingerprint density at radius 1 is 0.450 bits per heavy atom. The second-order valence-electron chi connectivity index (χ2n) is 7.87. The monoisotopic (exact) mass is 586 g/mol. The molecule has 0 N–H and O–H groups in total. The molecule has 4 heterocycles. The van der Waals surface area contributed by atoms with Gasteiger partial charge in [-0.05, 0) is 24.3 Å². The average Bonchev–Trinajstić information content (AvgIpc) is 3.45. The maximum absolute atomic E-state index is 13.4. The van der Waals surface area contributed by atoms with Gasteiger partial charge in [0.15, 0.2) is 22.7 Å². The summed E-state index contributed by atoms with van der Waals surface area (Å²) in [5.74, 6) is -4.17. The first-order valence-corrected chi connectivity index (χ1v) is 10.3. The standard InChI is InChI=1S/C20H6F12N8/c21-17(22,23)11-9-13(37-15(35-11)19(27,28)29)39(5-33-9)7-1-2-8(4-3-7)40-6-34-10-12(18(24,25)26)36-16(20(30,31)32)38-14(10)40/h1-6H. The molecule has 0 aliphatic carbocycles. The highest BCUT2D eigenvalue weighted by Gasteiger charge is 2.44. The van der Waals surface area contributed by atoms with Gasteiger partial charge in [0.1, 0.15) is 23.7 Å². The molecule has 1 aromatic carbocycles. The molecule has 20 heteroatoms. The highest BCUT2D eigenvalue weighted by atomic mass is 19.4. The van der Waals surface area contributed by atoms with Crippen molar-refractivity contribution in [2.45, 2.75) is 24.7 Å². The van der Waals surface area contributed by atoms with Crippen LogP contribution in [0.3, 0.4) is 0 Å². The van der Waals surface area contributed by atoms with E-state index in [1.165, 1.54) is 0 Å². The van der Waals surface area contributed by atoms with Gasteiger partial charge < -0.3 is 0 Å². The zero-order valence-electron chi connectivity index (χ0n) is 18.6. The Balaban J connectivity index is 1.64. The molecule has 0 atom stereocenters. The number of hydrogen-bond donors (Lipinski definition) is 0. The lowest BCUT2D eigenvalue weighted by atomic mass is 10.2.